The summed E-state index contributed by atoms with van der Waals surface area (Å²) in [5.41, 5.74) is 2.40. The molecule has 100 valence electrons. The second kappa shape index (κ2) is 5.10. The molecule has 3 heteroatoms. The Morgan fingerprint density at radius 1 is 1.10 bits per heavy atom. The number of benzene rings is 2. The van der Waals surface area contributed by atoms with Gasteiger partial charge < -0.3 is 4.74 Å². The van der Waals surface area contributed by atoms with Crippen molar-refractivity contribution in [3.63, 3.8) is 0 Å². The fraction of sp³-hybridized carbons (Fsp3) is 0.118. The van der Waals surface area contributed by atoms with Gasteiger partial charge in [0, 0.05) is 10.3 Å². The molecule has 0 N–H and O–H groups in total. The molecule has 0 aliphatic carbocycles. The van der Waals surface area contributed by atoms with Gasteiger partial charge in [-0.1, -0.05) is 23.8 Å². The average Bonchev–Trinajstić information content (AvgIpc) is 2.94. The molecule has 0 radical (unpaired) electrons. The molecule has 0 aliphatic heterocycles. The largest absolute Gasteiger partial charge is 0.496 e. The Hall–Kier alpha value is -2.13. The Kier molecular flexibility index (Phi) is 3.28. The van der Waals surface area contributed by atoms with Gasteiger partial charge in [-0.2, -0.15) is 0 Å². The van der Waals surface area contributed by atoms with Crippen molar-refractivity contribution in [3.8, 4) is 5.75 Å². The summed E-state index contributed by atoms with van der Waals surface area (Å²) in [7, 11) is 1.59. The molecule has 0 saturated carbocycles. The minimum absolute atomic E-state index is 0.0126. The Morgan fingerprint density at radius 3 is 2.75 bits per heavy atom. The number of carbonyl (C=O) groups excluding carboxylic acids is 1. The molecule has 3 rings (SSSR count). The first kappa shape index (κ1) is 12.9. The van der Waals surface area contributed by atoms with E-state index in [-0.39, 0.29) is 5.78 Å². The molecule has 1 heterocycles. The summed E-state index contributed by atoms with van der Waals surface area (Å²) < 4.78 is 6.35. The van der Waals surface area contributed by atoms with Crippen LogP contribution in [0.5, 0.6) is 5.75 Å². The van der Waals surface area contributed by atoms with Crippen molar-refractivity contribution in [3.05, 3.63) is 64.5 Å². The van der Waals surface area contributed by atoms with Gasteiger partial charge in [0.2, 0.25) is 0 Å². The number of fused-ring (bicyclic) bond motifs is 1. The van der Waals surface area contributed by atoms with Crippen molar-refractivity contribution >= 4 is 27.2 Å². The van der Waals surface area contributed by atoms with Crippen LogP contribution in [0.4, 0.5) is 0 Å². The van der Waals surface area contributed by atoms with Crippen molar-refractivity contribution in [2.75, 3.05) is 7.11 Å². The summed E-state index contributed by atoms with van der Waals surface area (Å²) in [5.74, 6) is 0.632. The lowest BCUT2D eigenvalue weighted by Gasteiger charge is -2.09. The number of carbonyl (C=O) groups is 1. The van der Waals surface area contributed by atoms with Crippen molar-refractivity contribution in [2.45, 2.75) is 6.92 Å². The average molecular weight is 282 g/mol. The number of methoxy groups -OCH3 is 1. The van der Waals surface area contributed by atoms with Crippen LogP contribution in [0.2, 0.25) is 0 Å². The highest BCUT2D eigenvalue weighted by Crippen LogP contribution is 2.29. The number of rotatable bonds is 3. The topological polar surface area (TPSA) is 26.3 Å². The highest BCUT2D eigenvalue weighted by Gasteiger charge is 2.17. The Balaban J connectivity index is 2.18. The molecule has 0 spiro atoms. The van der Waals surface area contributed by atoms with Crippen LogP contribution < -0.4 is 4.74 Å². The summed E-state index contributed by atoms with van der Waals surface area (Å²) in [4.78, 5) is 12.8. The van der Waals surface area contributed by atoms with Gasteiger partial charge in [0.15, 0.2) is 5.78 Å². The molecule has 0 amide bonds. The predicted molar refractivity (Wildman–Crippen MR) is 83.0 cm³/mol. The van der Waals surface area contributed by atoms with E-state index < -0.39 is 0 Å². The van der Waals surface area contributed by atoms with Crippen LogP contribution in [0.3, 0.4) is 0 Å². The molecule has 1 aromatic heterocycles. The van der Waals surface area contributed by atoms with Crippen LogP contribution >= 0.6 is 11.3 Å². The quantitative estimate of drug-likeness (QED) is 0.663. The van der Waals surface area contributed by atoms with E-state index in [1.807, 2.05) is 54.8 Å². The molecule has 0 atom stereocenters. The maximum Gasteiger partial charge on any atom is 0.198 e. The fourth-order valence-electron chi connectivity index (χ4n) is 2.32. The molecular weight excluding hydrogens is 268 g/mol. The summed E-state index contributed by atoms with van der Waals surface area (Å²) in [6.07, 6.45) is 0. The Labute approximate surface area is 121 Å². The molecule has 20 heavy (non-hydrogen) atoms. The van der Waals surface area contributed by atoms with Crippen LogP contribution in [-0.2, 0) is 0 Å². The first-order valence-electron chi connectivity index (χ1n) is 6.36. The molecule has 0 saturated heterocycles. The summed E-state index contributed by atoms with van der Waals surface area (Å²) in [6.45, 7) is 1.97. The van der Waals surface area contributed by atoms with Gasteiger partial charge in [-0.05, 0) is 42.0 Å². The van der Waals surface area contributed by atoms with Gasteiger partial charge in [-0.15, -0.1) is 11.3 Å². The van der Waals surface area contributed by atoms with Crippen LogP contribution in [0, 0.1) is 6.92 Å². The highest BCUT2D eigenvalue weighted by atomic mass is 32.1. The minimum atomic E-state index is 0.0126. The zero-order valence-corrected chi connectivity index (χ0v) is 12.2. The van der Waals surface area contributed by atoms with Gasteiger partial charge in [0.1, 0.15) is 5.75 Å². The predicted octanol–water partition coefficient (Wildman–Crippen LogP) is 4.45. The summed E-state index contributed by atoms with van der Waals surface area (Å²) in [6, 6.07) is 13.5. The zero-order valence-electron chi connectivity index (χ0n) is 11.3. The van der Waals surface area contributed by atoms with Crippen molar-refractivity contribution in [1.29, 1.82) is 0 Å². The lowest BCUT2D eigenvalue weighted by Crippen LogP contribution is -2.04. The van der Waals surface area contributed by atoms with Gasteiger partial charge in [0.25, 0.3) is 0 Å². The van der Waals surface area contributed by atoms with E-state index in [9.17, 15) is 4.79 Å². The molecule has 2 aromatic carbocycles. The fourth-order valence-corrected chi connectivity index (χ4v) is 3.23. The monoisotopic (exact) mass is 282 g/mol. The second-order valence-electron chi connectivity index (χ2n) is 4.68. The molecule has 2 nitrogen and oxygen atoms in total. The van der Waals surface area contributed by atoms with Gasteiger partial charge in [-0.25, -0.2) is 0 Å². The lowest BCUT2D eigenvalue weighted by atomic mass is 10.00. The van der Waals surface area contributed by atoms with E-state index in [0.29, 0.717) is 11.3 Å². The number of ketones is 1. The van der Waals surface area contributed by atoms with E-state index in [0.717, 1.165) is 21.2 Å². The first-order chi connectivity index (χ1) is 9.70. The first-order valence-corrected chi connectivity index (χ1v) is 7.24. The number of ether oxygens (including phenoxy) is 1. The van der Waals surface area contributed by atoms with E-state index >= 15 is 0 Å². The molecular formula is C17H14O2S. The van der Waals surface area contributed by atoms with E-state index in [2.05, 4.69) is 0 Å². The number of hydrogen-bond acceptors (Lipinski definition) is 3. The normalized spacial score (nSPS) is 10.7. The zero-order chi connectivity index (χ0) is 14.1. The maximum atomic E-state index is 12.8. The van der Waals surface area contributed by atoms with Crippen molar-refractivity contribution in [1.82, 2.24) is 0 Å². The standard InChI is InChI=1S/C17H14O2S/c1-11-6-7-15(19-2)14(10-11)16(18)13-5-3-4-12-8-9-20-17(12)13/h3-10H,1-2H3. The van der Waals surface area contributed by atoms with E-state index in [1.54, 1.807) is 18.4 Å². The SMILES string of the molecule is COc1ccc(C)cc1C(=O)c1cccc2ccsc12. The van der Waals surface area contributed by atoms with Crippen LogP contribution in [-0.4, -0.2) is 12.9 Å². The van der Waals surface area contributed by atoms with Crippen molar-refractivity contribution in [2.24, 2.45) is 0 Å². The van der Waals surface area contributed by atoms with Gasteiger partial charge in [-0.3, -0.25) is 4.79 Å². The van der Waals surface area contributed by atoms with Crippen molar-refractivity contribution < 1.29 is 9.53 Å². The molecule has 0 aliphatic rings. The third-order valence-electron chi connectivity index (χ3n) is 3.32. The maximum absolute atomic E-state index is 12.8. The third-order valence-corrected chi connectivity index (χ3v) is 4.29. The summed E-state index contributed by atoms with van der Waals surface area (Å²) >= 11 is 1.59. The third kappa shape index (κ3) is 2.10. The highest BCUT2D eigenvalue weighted by molar-refractivity contribution is 7.17. The number of hydrogen-bond donors (Lipinski definition) is 0. The summed E-state index contributed by atoms with van der Waals surface area (Å²) in [5, 5.41) is 3.11. The van der Waals surface area contributed by atoms with E-state index in [1.165, 1.54) is 0 Å². The van der Waals surface area contributed by atoms with Gasteiger partial charge in [0.05, 0.1) is 12.7 Å². The van der Waals surface area contributed by atoms with Crippen LogP contribution in [0.1, 0.15) is 21.5 Å². The number of thiophene rings is 1. The molecule has 0 unspecified atom stereocenters. The Morgan fingerprint density at radius 2 is 1.95 bits per heavy atom. The number of aryl methyl sites for hydroxylation is 1. The Bertz CT molecular complexity index is 787. The molecule has 3 aromatic rings. The lowest BCUT2D eigenvalue weighted by molar-refractivity contribution is 0.103. The smallest absolute Gasteiger partial charge is 0.198 e. The van der Waals surface area contributed by atoms with Crippen LogP contribution in [0.25, 0.3) is 10.1 Å². The van der Waals surface area contributed by atoms with Crippen LogP contribution in [0.15, 0.2) is 47.8 Å². The second-order valence-corrected chi connectivity index (χ2v) is 5.59. The van der Waals surface area contributed by atoms with Gasteiger partial charge >= 0.3 is 0 Å². The molecule has 0 fully saturated rings. The molecule has 0 bridgehead atoms. The minimum Gasteiger partial charge on any atom is -0.496 e. The van der Waals surface area contributed by atoms with E-state index in [4.69, 9.17) is 4.74 Å².